The summed E-state index contributed by atoms with van der Waals surface area (Å²) in [7, 11) is 1.68. The number of methoxy groups -OCH3 is 1. The van der Waals surface area contributed by atoms with Crippen molar-refractivity contribution in [2.75, 3.05) is 39.9 Å². The Hall–Kier alpha value is -3.30. The second-order valence-electron chi connectivity index (χ2n) is 10.5. The van der Waals surface area contributed by atoms with Gasteiger partial charge in [0.15, 0.2) is 17.5 Å². The van der Waals surface area contributed by atoms with E-state index in [2.05, 4.69) is 22.1 Å². The van der Waals surface area contributed by atoms with Crippen LogP contribution in [-0.4, -0.2) is 71.7 Å². The van der Waals surface area contributed by atoms with E-state index < -0.39 is 17.5 Å². The summed E-state index contributed by atoms with van der Waals surface area (Å²) in [5, 5.41) is 11.5. The zero-order valence-corrected chi connectivity index (χ0v) is 22.0. The molecule has 39 heavy (non-hydrogen) atoms. The van der Waals surface area contributed by atoms with Crippen LogP contribution in [0.1, 0.15) is 42.7 Å². The van der Waals surface area contributed by atoms with Gasteiger partial charge in [-0.15, -0.1) is 0 Å². The molecule has 0 spiro atoms. The lowest BCUT2D eigenvalue weighted by Gasteiger charge is -2.43. The topological polar surface area (TPSA) is 68.8 Å². The molecular weight excluding hydrogens is 507 g/mol. The second-order valence-corrected chi connectivity index (χ2v) is 10.5. The molecule has 2 aliphatic rings. The summed E-state index contributed by atoms with van der Waals surface area (Å²) < 4.78 is 45.4. The highest BCUT2D eigenvalue weighted by Gasteiger charge is 2.34. The Bertz CT molecular complexity index is 1320. The van der Waals surface area contributed by atoms with Crippen molar-refractivity contribution < 1.29 is 27.8 Å². The molecule has 9 heteroatoms. The largest absolute Gasteiger partial charge is 0.497 e. The third kappa shape index (κ3) is 5.84. The molecular formula is C30H34F3N3O3. The lowest BCUT2D eigenvalue weighted by Crippen LogP contribution is -2.50. The number of likely N-dealkylation sites (tertiary alicyclic amines) is 2. The van der Waals surface area contributed by atoms with E-state index in [1.54, 1.807) is 12.0 Å². The van der Waals surface area contributed by atoms with Crippen molar-refractivity contribution >= 4 is 22.9 Å². The lowest BCUT2D eigenvalue weighted by molar-refractivity contribution is -0.127. The Morgan fingerprint density at radius 3 is 2.41 bits per heavy atom. The van der Waals surface area contributed by atoms with Crippen LogP contribution < -0.4 is 4.74 Å². The second kappa shape index (κ2) is 11.8. The van der Waals surface area contributed by atoms with Crippen LogP contribution in [0.2, 0.25) is 0 Å². The molecule has 6 nitrogen and oxygen atoms in total. The molecule has 0 radical (unpaired) electrons. The summed E-state index contributed by atoms with van der Waals surface area (Å²) >= 11 is 0. The first-order chi connectivity index (χ1) is 18.9. The number of carbonyl (C=O) groups excluding carboxylic acids is 1. The molecule has 2 N–H and O–H groups in total. The van der Waals surface area contributed by atoms with Gasteiger partial charge in [0, 0.05) is 42.3 Å². The number of rotatable bonds is 7. The van der Waals surface area contributed by atoms with Gasteiger partial charge in [0.2, 0.25) is 5.91 Å². The molecule has 2 saturated heterocycles. The van der Waals surface area contributed by atoms with E-state index in [0.717, 1.165) is 62.2 Å². The number of benzene rings is 2. The summed E-state index contributed by atoms with van der Waals surface area (Å²) in [5.41, 5.74) is 2.51. The molecule has 1 atom stereocenters. The van der Waals surface area contributed by atoms with Gasteiger partial charge in [-0.3, -0.25) is 9.69 Å². The number of carbonyl (C=O) groups is 1. The SMILES string of the molecule is COc1ccc2[nH]cc(C3CCN(C(CO)C4CCN(C(=O)C=Cc5cc(F)c(F)c(F)c5)CC4)CC3)c2c1. The van der Waals surface area contributed by atoms with Gasteiger partial charge < -0.3 is 19.7 Å². The first-order valence-electron chi connectivity index (χ1n) is 13.5. The molecule has 2 aromatic carbocycles. The molecule has 208 valence electrons. The number of hydrogen-bond donors (Lipinski definition) is 2. The summed E-state index contributed by atoms with van der Waals surface area (Å²) in [5.74, 6) is -2.79. The fraction of sp³-hybridized carbons (Fsp3) is 0.433. The monoisotopic (exact) mass is 541 g/mol. The summed E-state index contributed by atoms with van der Waals surface area (Å²) in [6.07, 6.45) is 8.23. The van der Waals surface area contributed by atoms with Gasteiger partial charge in [-0.1, -0.05) is 0 Å². The molecule has 1 aromatic heterocycles. The van der Waals surface area contributed by atoms with Crippen LogP contribution in [0.5, 0.6) is 5.75 Å². The molecule has 3 heterocycles. The number of nitrogens with zero attached hydrogens (tertiary/aromatic N) is 2. The predicted molar refractivity (Wildman–Crippen MR) is 144 cm³/mol. The molecule has 3 aromatic rings. The molecule has 1 unspecified atom stereocenters. The molecule has 2 fully saturated rings. The normalized spacial score (nSPS) is 18.7. The van der Waals surface area contributed by atoms with Crippen molar-refractivity contribution in [2.24, 2.45) is 5.92 Å². The number of H-pyrrole nitrogens is 1. The maximum absolute atomic E-state index is 13.4. The number of aliphatic hydroxyl groups is 1. The summed E-state index contributed by atoms with van der Waals surface area (Å²) in [4.78, 5) is 20.1. The molecule has 0 saturated carbocycles. The molecule has 2 aliphatic heterocycles. The highest BCUT2D eigenvalue weighted by Crippen LogP contribution is 2.36. The van der Waals surface area contributed by atoms with Crippen LogP contribution >= 0.6 is 0 Å². The highest BCUT2D eigenvalue weighted by molar-refractivity contribution is 5.91. The first-order valence-corrected chi connectivity index (χ1v) is 13.5. The van der Waals surface area contributed by atoms with E-state index in [9.17, 15) is 23.1 Å². The molecule has 0 aliphatic carbocycles. The van der Waals surface area contributed by atoms with E-state index in [4.69, 9.17) is 4.74 Å². The van der Waals surface area contributed by atoms with Crippen molar-refractivity contribution in [1.82, 2.24) is 14.8 Å². The fourth-order valence-corrected chi connectivity index (χ4v) is 6.14. The van der Waals surface area contributed by atoms with Gasteiger partial charge in [-0.05, 0) is 98.1 Å². The van der Waals surface area contributed by atoms with Crippen molar-refractivity contribution in [2.45, 2.75) is 37.6 Å². The Kier molecular flexibility index (Phi) is 8.28. The van der Waals surface area contributed by atoms with Gasteiger partial charge in [-0.25, -0.2) is 13.2 Å². The maximum Gasteiger partial charge on any atom is 0.246 e. The zero-order chi connectivity index (χ0) is 27.5. The van der Waals surface area contributed by atoms with Crippen molar-refractivity contribution in [3.8, 4) is 5.75 Å². The minimum atomic E-state index is -1.53. The minimum absolute atomic E-state index is 0.0481. The Morgan fingerprint density at radius 1 is 1.08 bits per heavy atom. The quantitative estimate of drug-likeness (QED) is 0.323. The molecule has 0 bridgehead atoms. The number of hydrogen-bond acceptors (Lipinski definition) is 4. The van der Waals surface area contributed by atoms with Crippen LogP contribution in [0, 0.1) is 23.4 Å². The van der Waals surface area contributed by atoms with Crippen LogP contribution in [0.3, 0.4) is 0 Å². The zero-order valence-electron chi connectivity index (χ0n) is 22.0. The van der Waals surface area contributed by atoms with E-state index in [-0.39, 0.29) is 30.0 Å². The van der Waals surface area contributed by atoms with Crippen LogP contribution in [0.15, 0.2) is 42.6 Å². The lowest BCUT2D eigenvalue weighted by atomic mass is 9.84. The van der Waals surface area contributed by atoms with E-state index in [1.807, 2.05) is 12.1 Å². The molecule has 1 amide bonds. The number of amides is 1. The van der Waals surface area contributed by atoms with E-state index in [1.165, 1.54) is 23.1 Å². The average molecular weight is 542 g/mol. The minimum Gasteiger partial charge on any atom is -0.497 e. The summed E-state index contributed by atoms with van der Waals surface area (Å²) in [6, 6.07) is 7.86. The number of aromatic amines is 1. The molecule has 5 rings (SSSR count). The number of ether oxygens (including phenoxy) is 1. The standard InChI is InChI=1S/C30H34F3N3O3/c1-39-22-3-4-27-23(16-22)24(17-34-27)20-6-10-35(11-7-20)28(18-37)21-8-12-36(13-9-21)29(38)5-2-19-14-25(31)30(33)26(32)15-19/h2-5,14-17,20-21,28,34,37H,6-13,18H2,1H3. The van der Waals surface area contributed by atoms with Gasteiger partial charge >= 0.3 is 0 Å². The smallest absolute Gasteiger partial charge is 0.246 e. The van der Waals surface area contributed by atoms with Gasteiger partial charge in [-0.2, -0.15) is 0 Å². The highest BCUT2D eigenvalue weighted by atomic mass is 19.2. The first kappa shape index (κ1) is 27.3. The summed E-state index contributed by atoms with van der Waals surface area (Å²) in [6.45, 7) is 2.97. The van der Waals surface area contributed by atoms with Crippen LogP contribution in [0.25, 0.3) is 17.0 Å². The number of aromatic nitrogens is 1. The number of fused-ring (bicyclic) bond motifs is 1. The predicted octanol–water partition coefficient (Wildman–Crippen LogP) is 5.09. The third-order valence-corrected chi connectivity index (χ3v) is 8.37. The Morgan fingerprint density at radius 2 is 1.77 bits per heavy atom. The maximum atomic E-state index is 13.4. The van der Waals surface area contributed by atoms with Crippen molar-refractivity contribution in [1.29, 1.82) is 0 Å². The van der Waals surface area contributed by atoms with E-state index >= 15 is 0 Å². The third-order valence-electron chi connectivity index (χ3n) is 8.37. The van der Waals surface area contributed by atoms with Crippen LogP contribution in [0.4, 0.5) is 13.2 Å². The number of halogens is 3. The fourth-order valence-electron chi connectivity index (χ4n) is 6.14. The Balaban J connectivity index is 1.14. The number of aliphatic hydroxyl groups excluding tert-OH is 1. The van der Waals surface area contributed by atoms with E-state index in [0.29, 0.717) is 19.0 Å². The van der Waals surface area contributed by atoms with Gasteiger partial charge in [0.25, 0.3) is 0 Å². The van der Waals surface area contributed by atoms with Gasteiger partial charge in [0.05, 0.1) is 13.7 Å². The number of nitrogens with one attached hydrogen (secondary N) is 1. The number of piperidine rings is 2. The van der Waals surface area contributed by atoms with Crippen molar-refractivity contribution in [3.05, 3.63) is 71.2 Å². The Labute approximate surface area is 226 Å². The van der Waals surface area contributed by atoms with Gasteiger partial charge in [0.1, 0.15) is 5.75 Å². The average Bonchev–Trinajstić information content (AvgIpc) is 3.39. The van der Waals surface area contributed by atoms with Crippen molar-refractivity contribution in [3.63, 3.8) is 0 Å². The van der Waals surface area contributed by atoms with Crippen LogP contribution in [-0.2, 0) is 4.79 Å².